The van der Waals surface area contributed by atoms with Crippen LogP contribution in [0.3, 0.4) is 0 Å². The van der Waals surface area contributed by atoms with Gasteiger partial charge in [-0.05, 0) is 6.92 Å². The van der Waals surface area contributed by atoms with Crippen molar-refractivity contribution in [2.24, 2.45) is 0 Å². The molecule has 0 aliphatic carbocycles. The highest BCUT2D eigenvalue weighted by Gasteiger charge is 2.09. The lowest BCUT2D eigenvalue weighted by atomic mass is 10.3. The number of rotatable bonds is 0. The number of aromatic nitrogens is 3. The van der Waals surface area contributed by atoms with E-state index in [1.165, 1.54) is 10.8 Å². The Labute approximate surface area is 73.4 Å². The molecule has 0 spiro atoms. The molecule has 0 radical (unpaired) electrons. The van der Waals surface area contributed by atoms with Crippen molar-refractivity contribution in [1.29, 1.82) is 0 Å². The van der Waals surface area contributed by atoms with E-state index in [0.717, 1.165) is 5.56 Å². The molecule has 0 aromatic carbocycles. The summed E-state index contributed by atoms with van der Waals surface area (Å²) in [7, 11) is 0. The summed E-state index contributed by atoms with van der Waals surface area (Å²) in [6, 6.07) is 0. The van der Waals surface area contributed by atoms with E-state index in [2.05, 4.69) is 10.1 Å². The number of aryl methyl sites for hydroxylation is 1. The molecular formula is C7H6ClN3O. The second-order valence-electron chi connectivity index (χ2n) is 2.48. The number of halogens is 1. The molecule has 0 fully saturated rings. The lowest BCUT2D eigenvalue weighted by Gasteiger charge is -1.94. The minimum absolute atomic E-state index is 0.0469. The number of fused-ring (bicyclic) bond motifs is 1. The standard InChI is InChI=1S/C7H6ClN3O/c1-4-5(8)2-11-6(4)7(12)9-3-10-11/h2-3H,1H3,(H,9,10,12). The zero-order chi connectivity index (χ0) is 8.72. The van der Waals surface area contributed by atoms with Crippen LogP contribution in [0.25, 0.3) is 5.52 Å². The van der Waals surface area contributed by atoms with E-state index < -0.39 is 0 Å². The van der Waals surface area contributed by atoms with Crippen molar-refractivity contribution in [2.75, 3.05) is 0 Å². The Morgan fingerprint density at radius 2 is 2.33 bits per heavy atom. The summed E-state index contributed by atoms with van der Waals surface area (Å²) in [6.07, 6.45) is 2.91. The molecule has 12 heavy (non-hydrogen) atoms. The summed E-state index contributed by atoms with van der Waals surface area (Å²) < 4.78 is 1.50. The van der Waals surface area contributed by atoms with Gasteiger partial charge in [0.2, 0.25) is 5.88 Å². The third-order valence-electron chi connectivity index (χ3n) is 1.75. The Morgan fingerprint density at radius 3 is 3.00 bits per heavy atom. The molecule has 1 N–H and O–H groups in total. The zero-order valence-corrected chi connectivity index (χ0v) is 7.08. The highest BCUT2D eigenvalue weighted by atomic mass is 35.5. The molecule has 0 amide bonds. The number of hydrogen-bond donors (Lipinski definition) is 1. The summed E-state index contributed by atoms with van der Waals surface area (Å²) >= 11 is 5.82. The number of nitrogens with zero attached hydrogens (tertiary/aromatic N) is 3. The fourth-order valence-corrected chi connectivity index (χ4v) is 1.29. The highest BCUT2D eigenvalue weighted by molar-refractivity contribution is 6.32. The second-order valence-corrected chi connectivity index (χ2v) is 2.89. The molecule has 0 aliphatic rings. The molecule has 0 unspecified atom stereocenters. The zero-order valence-electron chi connectivity index (χ0n) is 6.32. The van der Waals surface area contributed by atoms with Gasteiger partial charge in [-0.1, -0.05) is 11.6 Å². The van der Waals surface area contributed by atoms with E-state index >= 15 is 0 Å². The predicted molar refractivity (Wildman–Crippen MR) is 44.4 cm³/mol. The summed E-state index contributed by atoms with van der Waals surface area (Å²) in [4.78, 5) is 3.65. The molecule has 2 heterocycles. The lowest BCUT2D eigenvalue weighted by molar-refractivity contribution is 0.453. The minimum Gasteiger partial charge on any atom is -0.492 e. The molecule has 0 bridgehead atoms. The van der Waals surface area contributed by atoms with E-state index in [0.29, 0.717) is 10.5 Å². The van der Waals surface area contributed by atoms with E-state index in [-0.39, 0.29) is 5.88 Å². The van der Waals surface area contributed by atoms with E-state index in [4.69, 9.17) is 11.6 Å². The number of aromatic hydroxyl groups is 1. The third-order valence-corrected chi connectivity index (χ3v) is 2.13. The van der Waals surface area contributed by atoms with Crippen LogP contribution in [0.2, 0.25) is 5.02 Å². The van der Waals surface area contributed by atoms with Crippen LogP contribution in [0.5, 0.6) is 5.88 Å². The van der Waals surface area contributed by atoms with Crippen LogP contribution in [-0.2, 0) is 0 Å². The van der Waals surface area contributed by atoms with Gasteiger partial charge in [-0.2, -0.15) is 10.1 Å². The Bertz CT molecular complexity index is 437. The van der Waals surface area contributed by atoms with Crippen LogP contribution >= 0.6 is 11.6 Å². The average molecular weight is 184 g/mol. The molecule has 0 aliphatic heterocycles. The summed E-state index contributed by atoms with van der Waals surface area (Å²) in [5.74, 6) is -0.0469. The Hall–Kier alpha value is -1.29. The van der Waals surface area contributed by atoms with Crippen molar-refractivity contribution < 1.29 is 5.11 Å². The van der Waals surface area contributed by atoms with Gasteiger partial charge in [-0.25, -0.2) is 4.52 Å². The molecule has 62 valence electrons. The van der Waals surface area contributed by atoms with Crippen molar-refractivity contribution in [3.63, 3.8) is 0 Å². The highest BCUT2D eigenvalue weighted by Crippen LogP contribution is 2.25. The van der Waals surface area contributed by atoms with Gasteiger partial charge in [0.1, 0.15) is 11.8 Å². The molecule has 2 aromatic rings. The minimum atomic E-state index is -0.0469. The van der Waals surface area contributed by atoms with Gasteiger partial charge in [0.05, 0.1) is 5.02 Å². The SMILES string of the molecule is Cc1c(Cl)cn2ncnc(O)c12. The van der Waals surface area contributed by atoms with Gasteiger partial charge >= 0.3 is 0 Å². The van der Waals surface area contributed by atoms with Crippen molar-refractivity contribution in [3.05, 3.63) is 23.1 Å². The van der Waals surface area contributed by atoms with Gasteiger partial charge in [-0.15, -0.1) is 0 Å². The molecule has 4 nitrogen and oxygen atoms in total. The van der Waals surface area contributed by atoms with Gasteiger partial charge in [0.15, 0.2) is 0 Å². The second kappa shape index (κ2) is 2.35. The first-order valence-corrected chi connectivity index (χ1v) is 3.75. The molecule has 5 heteroatoms. The van der Waals surface area contributed by atoms with Crippen molar-refractivity contribution in [3.8, 4) is 5.88 Å². The van der Waals surface area contributed by atoms with Crippen LogP contribution in [0.1, 0.15) is 5.56 Å². The van der Waals surface area contributed by atoms with Gasteiger partial charge in [0, 0.05) is 11.8 Å². The van der Waals surface area contributed by atoms with E-state index in [9.17, 15) is 5.11 Å². The smallest absolute Gasteiger partial charge is 0.239 e. The molecule has 0 atom stereocenters. The van der Waals surface area contributed by atoms with Gasteiger partial charge in [0.25, 0.3) is 0 Å². The van der Waals surface area contributed by atoms with Crippen molar-refractivity contribution in [2.45, 2.75) is 6.92 Å². The van der Waals surface area contributed by atoms with Gasteiger partial charge < -0.3 is 5.11 Å². The molecular weight excluding hydrogens is 178 g/mol. The normalized spacial score (nSPS) is 10.8. The van der Waals surface area contributed by atoms with Crippen molar-refractivity contribution >= 4 is 17.1 Å². The van der Waals surface area contributed by atoms with Gasteiger partial charge in [-0.3, -0.25) is 0 Å². The topological polar surface area (TPSA) is 50.4 Å². The Kier molecular flexibility index (Phi) is 1.44. The van der Waals surface area contributed by atoms with Crippen LogP contribution in [-0.4, -0.2) is 19.7 Å². The maximum absolute atomic E-state index is 9.33. The maximum atomic E-state index is 9.33. The maximum Gasteiger partial charge on any atom is 0.239 e. The largest absolute Gasteiger partial charge is 0.492 e. The first-order valence-electron chi connectivity index (χ1n) is 3.37. The lowest BCUT2D eigenvalue weighted by Crippen LogP contribution is -1.90. The van der Waals surface area contributed by atoms with Crippen LogP contribution in [0, 0.1) is 6.92 Å². The molecule has 0 saturated heterocycles. The fraction of sp³-hybridized carbons (Fsp3) is 0.143. The molecule has 2 aromatic heterocycles. The number of hydrogen-bond acceptors (Lipinski definition) is 3. The van der Waals surface area contributed by atoms with Crippen LogP contribution in [0.15, 0.2) is 12.5 Å². The monoisotopic (exact) mass is 183 g/mol. The van der Waals surface area contributed by atoms with E-state index in [1.54, 1.807) is 13.1 Å². The first-order chi connectivity index (χ1) is 5.70. The quantitative estimate of drug-likeness (QED) is 0.672. The first kappa shape index (κ1) is 7.36. The van der Waals surface area contributed by atoms with E-state index in [1.807, 2.05) is 0 Å². The van der Waals surface area contributed by atoms with Crippen LogP contribution in [0.4, 0.5) is 0 Å². The predicted octanol–water partition coefficient (Wildman–Crippen LogP) is 1.40. The molecule has 0 saturated carbocycles. The fourth-order valence-electron chi connectivity index (χ4n) is 1.11. The van der Waals surface area contributed by atoms with Crippen molar-refractivity contribution in [1.82, 2.24) is 14.6 Å². The summed E-state index contributed by atoms with van der Waals surface area (Å²) in [5, 5.41) is 13.8. The third kappa shape index (κ3) is 0.848. The Morgan fingerprint density at radius 1 is 1.58 bits per heavy atom. The summed E-state index contributed by atoms with van der Waals surface area (Å²) in [5.41, 5.74) is 1.34. The van der Waals surface area contributed by atoms with Crippen LogP contribution < -0.4 is 0 Å². The average Bonchev–Trinajstić information content (AvgIpc) is 2.29. The molecule has 2 rings (SSSR count). The summed E-state index contributed by atoms with van der Waals surface area (Å²) in [6.45, 7) is 1.81. The Balaban J connectivity index is 2.97.